The first kappa shape index (κ1) is 16.2. The smallest absolute Gasteiger partial charge is 0.0766 e. The highest BCUT2D eigenvalue weighted by Gasteiger charge is 2.19. The summed E-state index contributed by atoms with van der Waals surface area (Å²) >= 11 is 3.67. The van der Waals surface area contributed by atoms with Crippen LogP contribution in [0.5, 0.6) is 0 Å². The maximum atomic E-state index is 5.80. The number of aromatic nitrogens is 2. The van der Waals surface area contributed by atoms with Gasteiger partial charge in [-0.2, -0.15) is 5.10 Å². The minimum absolute atomic E-state index is 0.0713. The molecule has 21 heavy (non-hydrogen) atoms. The Morgan fingerprint density at radius 2 is 2.10 bits per heavy atom. The SMILES string of the molecule is CCc1nn(C)c(CC(NN)c2ccc(C)cc2C)c1Br. The Labute approximate surface area is 134 Å². The molecule has 1 unspecified atom stereocenters. The first-order chi connectivity index (χ1) is 9.97. The van der Waals surface area contributed by atoms with Gasteiger partial charge in [-0.3, -0.25) is 16.0 Å². The molecule has 0 radical (unpaired) electrons. The van der Waals surface area contributed by atoms with E-state index in [0.717, 1.165) is 28.7 Å². The van der Waals surface area contributed by atoms with Crippen LogP contribution < -0.4 is 11.3 Å². The van der Waals surface area contributed by atoms with Crippen LogP contribution in [0.1, 0.15) is 41.0 Å². The summed E-state index contributed by atoms with van der Waals surface area (Å²) in [6.45, 7) is 6.34. The number of aryl methyl sites for hydroxylation is 4. The molecule has 114 valence electrons. The molecule has 0 saturated heterocycles. The van der Waals surface area contributed by atoms with Gasteiger partial charge in [0, 0.05) is 13.5 Å². The molecule has 1 heterocycles. The number of rotatable bonds is 5. The van der Waals surface area contributed by atoms with Gasteiger partial charge >= 0.3 is 0 Å². The highest BCUT2D eigenvalue weighted by molar-refractivity contribution is 9.10. The number of nitrogens with one attached hydrogen (secondary N) is 1. The Balaban J connectivity index is 2.33. The molecule has 0 bridgehead atoms. The molecule has 0 spiro atoms. The molecule has 0 amide bonds. The molecular formula is C16H23BrN4. The largest absolute Gasteiger partial charge is 0.271 e. The van der Waals surface area contributed by atoms with Crippen molar-refractivity contribution in [3.05, 3.63) is 50.8 Å². The van der Waals surface area contributed by atoms with Crippen LogP contribution in [0.4, 0.5) is 0 Å². The van der Waals surface area contributed by atoms with Crippen LogP contribution in [0.15, 0.2) is 22.7 Å². The van der Waals surface area contributed by atoms with Crippen molar-refractivity contribution in [3.8, 4) is 0 Å². The van der Waals surface area contributed by atoms with E-state index in [1.807, 2.05) is 11.7 Å². The molecule has 3 N–H and O–H groups in total. The summed E-state index contributed by atoms with van der Waals surface area (Å²) in [6, 6.07) is 6.54. The fourth-order valence-corrected chi connectivity index (χ4v) is 3.49. The maximum Gasteiger partial charge on any atom is 0.0766 e. The van der Waals surface area contributed by atoms with E-state index in [-0.39, 0.29) is 6.04 Å². The van der Waals surface area contributed by atoms with E-state index in [2.05, 4.69) is 65.4 Å². The topological polar surface area (TPSA) is 55.9 Å². The van der Waals surface area contributed by atoms with Crippen LogP contribution in [0.25, 0.3) is 0 Å². The molecule has 0 fully saturated rings. The Morgan fingerprint density at radius 1 is 1.38 bits per heavy atom. The zero-order valence-corrected chi connectivity index (χ0v) is 14.7. The fourth-order valence-electron chi connectivity index (χ4n) is 2.71. The molecular weight excluding hydrogens is 328 g/mol. The molecule has 4 nitrogen and oxygen atoms in total. The summed E-state index contributed by atoms with van der Waals surface area (Å²) in [5.41, 5.74) is 8.95. The molecule has 0 aliphatic rings. The Hall–Kier alpha value is -1.17. The van der Waals surface area contributed by atoms with Gasteiger partial charge in [0.2, 0.25) is 0 Å². The van der Waals surface area contributed by atoms with Gasteiger partial charge in [-0.05, 0) is 47.3 Å². The average Bonchev–Trinajstić information content (AvgIpc) is 2.72. The lowest BCUT2D eigenvalue weighted by Gasteiger charge is -2.19. The molecule has 1 atom stereocenters. The van der Waals surface area contributed by atoms with E-state index in [1.54, 1.807) is 0 Å². The number of nitrogens with two attached hydrogens (primary N) is 1. The summed E-state index contributed by atoms with van der Waals surface area (Å²) in [5, 5.41) is 4.55. The van der Waals surface area contributed by atoms with Crippen LogP contribution in [0, 0.1) is 13.8 Å². The predicted molar refractivity (Wildman–Crippen MR) is 90.0 cm³/mol. The summed E-state index contributed by atoms with van der Waals surface area (Å²) in [7, 11) is 1.98. The lowest BCUT2D eigenvalue weighted by atomic mass is 9.96. The van der Waals surface area contributed by atoms with Crippen LogP contribution in [0.2, 0.25) is 0 Å². The monoisotopic (exact) mass is 350 g/mol. The van der Waals surface area contributed by atoms with Crippen molar-refractivity contribution in [1.29, 1.82) is 0 Å². The summed E-state index contributed by atoms with van der Waals surface area (Å²) < 4.78 is 3.04. The second-order valence-electron chi connectivity index (χ2n) is 5.47. The van der Waals surface area contributed by atoms with Crippen molar-refractivity contribution in [1.82, 2.24) is 15.2 Å². The third-order valence-corrected chi connectivity index (χ3v) is 4.82. The number of benzene rings is 1. The van der Waals surface area contributed by atoms with E-state index in [1.165, 1.54) is 16.7 Å². The van der Waals surface area contributed by atoms with E-state index in [9.17, 15) is 0 Å². The first-order valence-corrected chi connectivity index (χ1v) is 8.00. The summed E-state index contributed by atoms with van der Waals surface area (Å²) in [6.07, 6.45) is 1.71. The van der Waals surface area contributed by atoms with Gasteiger partial charge in [0.15, 0.2) is 0 Å². The first-order valence-electron chi connectivity index (χ1n) is 7.21. The van der Waals surface area contributed by atoms with Crippen molar-refractivity contribution in [2.45, 2.75) is 39.7 Å². The minimum Gasteiger partial charge on any atom is -0.271 e. The quantitative estimate of drug-likeness (QED) is 0.643. The third-order valence-electron chi connectivity index (χ3n) is 3.90. The lowest BCUT2D eigenvalue weighted by molar-refractivity contribution is 0.526. The number of hydrazine groups is 1. The van der Waals surface area contributed by atoms with E-state index < -0.39 is 0 Å². The molecule has 5 heteroatoms. The zero-order chi connectivity index (χ0) is 15.6. The highest BCUT2D eigenvalue weighted by Crippen LogP contribution is 2.28. The van der Waals surface area contributed by atoms with Crippen molar-refractivity contribution in [3.63, 3.8) is 0 Å². The lowest BCUT2D eigenvalue weighted by Crippen LogP contribution is -2.30. The molecule has 0 saturated carbocycles. The van der Waals surface area contributed by atoms with Crippen molar-refractivity contribution >= 4 is 15.9 Å². The second kappa shape index (κ2) is 6.73. The molecule has 2 rings (SSSR count). The Morgan fingerprint density at radius 3 is 2.62 bits per heavy atom. The Bertz CT molecular complexity index is 633. The van der Waals surface area contributed by atoms with Gasteiger partial charge in [-0.15, -0.1) is 0 Å². The van der Waals surface area contributed by atoms with E-state index in [4.69, 9.17) is 5.84 Å². The predicted octanol–water partition coefficient (Wildman–Crippen LogP) is 3.11. The zero-order valence-electron chi connectivity index (χ0n) is 13.1. The fraction of sp³-hybridized carbons (Fsp3) is 0.438. The molecule has 2 aromatic rings. The second-order valence-corrected chi connectivity index (χ2v) is 6.26. The van der Waals surface area contributed by atoms with Crippen LogP contribution in [-0.2, 0) is 19.9 Å². The molecule has 0 aliphatic heterocycles. The third kappa shape index (κ3) is 3.36. The van der Waals surface area contributed by atoms with Crippen LogP contribution in [-0.4, -0.2) is 9.78 Å². The van der Waals surface area contributed by atoms with Crippen molar-refractivity contribution in [2.75, 3.05) is 0 Å². The highest BCUT2D eigenvalue weighted by atomic mass is 79.9. The number of halogens is 1. The average molecular weight is 351 g/mol. The summed E-state index contributed by atoms with van der Waals surface area (Å²) in [5.74, 6) is 5.80. The Kier molecular flexibility index (Phi) is 5.19. The van der Waals surface area contributed by atoms with Gasteiger partial charge in [-0.25, -0.2) is 0 Å². The van der Waals surface area contributed by atoms with Gasteiger partial charge < -0.3 is 0 Å². The maximum absolute atomic E-state index is 5.80. The van der Waals surface area contributed by atoms with Crippen LogP contribution in [0.3, 0.4) is 0 Å². The normalized spacial score (nSPS) is 12.7. The summed E-state index contributed by atoms with van der Waals surface area (Å²) in [4.78, 5) is 0. The standard InChI is InChI=1S/C16H23BrN4/c1-5-13-16(17)15(21(4)20-13)9-14(19-18)12-7-6-10(2)8-11(12)3/h6-8,14,19H,5,9,18H2,1-4H3. The number of nitrogens with zero attached hydrogens (tertiary/aromatic N) is 2. The molecule has 0 aliphatic carbocycles. The number of hydrogen-bond donors (Lipinski definition) is 2. The van der Waals surface area contributed by atoms with Gasteiger partial charge in [-0.1, -0.05) is 30.7 Å². The van der Waals surface area contributed by atoms with Crippen molar-refractivity contribution < 1.29 is 0 Å². The van der Waals surface area contributed by atoms with Gasteiger partial charge in [0.25, 0.3) is 0 Å². The van der Waals surface area contributed by atoms with E-state index >= 15 is 0 Å². The minimum atomic E-state index is 0.0713. The molecule has 1 aromatic heterocycles. The van der Waals surface area contributed by atoms with Crippen molar-refractivity contribution in [2.24, 2.45) is 12.9 Å². The molecule has 1 aromatic carbocycles. The van der Waals surface area contributed by atoms with Gasteiger partial charge in [0.05, 0.1) is 21.9 Å². The van der Waals surface area contributed by atoms with Crippen LogP contribution >= 0.6 is 15.9 Å². The van der Waals surface area contributed by atoms with E-state index in [0.29, 0.717) is 0 Å². The van der Waals surface area contributed by atoms with Gasteiger partial charge in [0.1, 0.15) is 0 Å². The number of hydrogen-bond acceptors (Lipinski definition) is 3.